The van der Waals surface area contributed by atoms with Crippen molar-refractivity contribution in [2.45, 2.75) is 38.8 Å². The monoisotopic (exact) mass is 427 g/mol. The predicted octanol–water partition coefficient (Wildman–Crippen LogP) is 4.89. The summed E-state index contributed by atoms with van der Waals surface area (Å²) in [4.78, 5) is 20.3. The van der Waals surface area contributed by atoms with E-state index in [4.69, 9.17) is 4.74 Å². The third-order valence-electron chi connectivity index (χ3n) is 5.45. The summed E-state index contributed by atoms with van der Waals surface area (Å²) >= 11 is 1.29. The number of anilines is 1. The van der Waals surface area contributed by atoms with E-state index in [9.17, 15) is 9.18 Å². The number of carbonyl (C=O) groups is 1. The second-order valence-corrected chi connectivity index (χ2v) is 8.62. The first-order chi connectivity index (χ1) is 14.7. The Kier molecular flexibility index (Phi) is 6.59. The van der Waals surface area contributed by atoms with Crippen molar-refractivity contribution in [1.82, 2.24) is 10.3 Å². The molecule has 7 heteroatoms. The molecule has 1 N–H and O–H groups in total. The molecule has 0 aliphatic carbocycles. The van der Waals surface area contributed by atoms with Crippen LogP contribution < -0.4 is 10.2 Å². The third kappa shape index (κ3) is 4.47. The number of ether oxygens (including phenoxy) is 1. The van der Waals surface area contributed by atoms with Crippen molar-refractivity contribution >= 4 is 33.1 Å². The molecule has 158 valence electrons. The molecule has 5 nitrogen and oxygen atoms in total. The average molecular weight is 428 g/mol. The summed E-state index contributed by atoms with van der Waals surface area (Å²) in [5.74, 6) is 0.441. The number of carbonyl (C=O) groups excluding carboxylic acids is 1. The number of halogens is 1. The summed E-state index contributed by atoms with van der Waals surface area (Å²) in [5, 5.41) is 3.41. The minimum absolute atomic E-state index is 0.190. The number of benzene rings is 1. The van der Waals surface area contributed by atoms with Gasteiger partial charge in [-0.15, -0.1) is 11.3 Å². The molecule has 1 aliphatic rings. The SMILES string of the molecule is COCc1c(C(=O)NCc2ccc(N3CCCCCC3)nc2)sc2cccc(F)c12. The van der Waals surface area contributed by atoms with Crippen LogP contribution in [0.3, 0.4) is 0 Å². The molecule has 4 rings (SSSR count). The first-order valence-corrected chi connectivity index (χ1v) is 11.2. The van der Waals surface area contributed by atoms with Gasteiger partial charge in [0.15, 0.2) is 0 Å². The molecule has 3 heterocycles. The van der Waals surface area contributed by atoms with Crippen LogP contribution in [0.4, 0.5) is 10.2 Å². The molecule has 3 aromatic rings. The van der Waals surface area contributed by atoms with Gasteiger partial charge in [0.2, 0.25) is 0 Å². The van der Waals surface area contributed by atoms with Gasteiger partial charge in [-0.2, -0.15) is 0 Å². The first kappa shape index (κ1) is 20.8. The van der Waals surface area contributed by atoms with Gasteiger partial charge in [-0.3, -0.25) is 4.79 Å². The summed E-state index contributed by atoms with van der Waals surface area (Å²) in [6.45, 7) is 2.66. The van der Waals surface area contributed by atoms with E-state index in [0.717, 1.165) is 29.2 Å². The zero-order chi connectivity index (χ0) is 20.9. The molecule has 1 saturated heterocycles. The smallest absolute Gasteiger partial charge is 0.262 e. The molecule has 0 radical (unpaired) electrons. The maximum atomic E-state index is 14.3. The van der Waals surface area contributed by atoms with E-state index in [1.807, 2.05) is 24.4 Å². The summed E-state index contributed by atoms with van der Waals surface area (Å²) in [5.41, 5.74) is 1.53. The molecule has 0 unspecified atom stereocenters. The van der Waals surface area contributed by atoms with Crippen molar-refractivity contribution in [1.29, 1.82) is 0 Å². The number of rotatable bonds is 6. The number of amides is 1. The minimum Gasteiger partial charge on any atom is -0.380 e. The molecule has 2 aromatic heterocycles. The predicted molar refractivity (Wildman–Crippen MR) is 119 cm³/mol. The Morgan fingerprint density at radius 1 is 1.20 bits per heavy atom. The number of hydrogen-bond acceptors (Lipinski definition) is 5. The Labute approximate surface area is 179 Å². The Morgan fingerprint density at radius 3 is 2.70 bits per heavy atom. The lowest BCUT2D eigenvalue weighted by Gasteiger charge is -2.21. The van der Waals surface area contributed by atoms with Crippen LogP contribution >= 0.6 is 11.3 Å². The van der Waals surface area contributed by atoms with Crippen molar-refractivity contribution in [3.8, 4) is 0 Å². The van der Waals surface area contributed by atoms with Gasteiger partial charge in [0.1, 0.15) is 11.6 Å². The summed E-state index contributed by atoms with van der Waals surface area (Å²) in [6, 6.07) is 8.92. The van der Waals surface area contributed by atoms with Gasteiger partial charge >= 0.3 is 0 Å². The van der Waals surface area contributed by atoms with Crippen molar-refractivity contribution in [3.63, 3.8) is 0 Å². The summed E-state index contributed by atoms with van der Waals surface area (Å²) in [6.07, 6.45) is 6.81. The van der Waals surface area contributed by atoms with Crippen LogP contribution in [0.2, 0.25) is 0 Å². The van der Waals surface area contributed by atoms with E-state index in [1.54, 1.807) is 13.2 Å². The number of nitrogens with one attached hydrogen (secondary N) is 1. The van der Waals surface area contributed by atoms with E-state index >= 15 is 0 Å². The second-order valence-electron chi connectivity index (χ2n) is 7.56. The number of thiophene rings is 1. The fourth-order valence-electron chi connectivity index (χ4n) is 3.90. The largest absolute Gasteiger partial charge is 0.380 e. The molecular weight excluding hydrogens is 401 g/mol. The van der Waals surface area contributed by atoms with Gasteiger partial charge in [-0.1, -0.05) is 25.0 Å². The zero-order valence-corrected chi connectivity index (χ0v) is 17.9. The lowest BCUT2D eigenvalue weighted by molar-refractivity contribution is 0.0950. The second kappa shape index (κ2) is 9.53. The molecule has 0 spiro atoms. The molecular formula is C23H26FN3O2S. The fraction of sp³-hybridized carbons (Fsp3) is 0.391. The van der Waals surface area contributed by atoms with Crippen molar-refractivity contribution in [2.24, 2.45) is 0 Å². The highest BCUT2D eigenvalue weighted by atomic mass is 32.1. The summed E-state index contributed by atoms with van der Waals surface area (Å²) in [7, 11) is 1.55. The van der Waals surface area contributed by atoms with E-state index in [1.165, 1.54) is 43.1 Å². The normalized spacial score (nSPS) is 14.7. The van der Waals surface area contributed by atoms with E-state index < -0.39 is 0 Å². The van der Waals surface area contributed by atoms with Gasteiger partial charge in [-0.05, 0) is 36.6 Å². The van der Waals surface area contributed by atoms with Gasteiger partial charge in [0, 0.05) is 48.6 Å². The average Bonchev–Trinajstić information content (AvgIpc) is 2.94. The van der Waals surface area contributed by atoms with Crippen LogP contribution in [0.1, 0.15) is 46.5 Å². The minimum atomic E-state index is -0.330. The van der Waals surface area contributed by atoms with Crippen LogP contribution in [-0.2, 0) is 17.9 Å². The number of pyridine rings is 1. The molecule has 1 amide bonds. The molecule has 1 fully saturated rings. The van der Waals surface area contributed by atoms with Gasteiger partial charge < -0.3 is 15.0 Å². The van der Waals surface area contributed by atoms with Gasteiger partial charge in [0.25, 0.3) is 5.91 Å². The summed E-state index contributed by atoms with van der Waals surface area (Å²) < 4.78 is 20.3. The van der Waals surface area contributed by atoms with Crippen molar-refractivity contribution < 1.29 is 13.9 Å². The Morgan fingerprint density at radius 2 is 2.00 bits per heavy atom. The van der Waals surface area contributed by atoms with Crippen LogP contribution in [0, 0.1) is 5.82 Å². The lowest BCUT2D eigenvalue weighted by Crippen LogP contribution is -2.25. The van der Waals surface area contributed by atoms with E-state index in [2.05, 4.69) is 15.2 Å². The van der Waals surface area contributed by atoms with E-state index in [-0.39, 0.29) is 18.3 Å². The van der Waals surface area contributed by atoms with Crippen LogP contribution in [0.25, 0.3) is 10.1 Å². The van der Waals surface area contributed by atoms with Gasteiger partial charge in [-0.25, -0.2) is 9.37 Å². The Balaban J connectivity index is 1.46. The van der Waals surface area contributed by atoms with Crippen molar-refractivity contribution in [3.05, 3.63) is 58.3 Å². The van der Waals surface area contributed by atoms with Crippen LogP contribution in [0.15, 0.2) is 36.5 Å². The highest BCUT2D eigenvalue weighted by Gasteiger charge is 2.20. The lowest BCUT2D eigenvalue weighted by atomic mass is 10.1. The molecule has 0 bridgehead atoms. The highest BCUT2D eigenvalue weighted by Crippen LogP contribution is 2.33. The Hall–Kier alpha value is -2.51. The topological polar surface area (TPSA) is 54.5 Å². The number of aromatic nitrogens is 1. The fourth-order valence-corrected chi connectivity index (χ4v) is 5.04. The van der Waals surface area contributed by atoms with Crippen LogP contribution in [0.5, 0.6) is 0 Å². The quantitative estimate of drug-likeness (QED) is 0.608. The Bertz CT molecular complexity index is 1010. The van der Waals surface area contributed by atoms with Gasteiger partial charge in [0.05, 0.1) is 11.5 Å². The zero-order valence-electron chi connectivity index (χ0n) is 17.1. The molecule has 0 atom stereocenters. The number of hydrogen-bond donors (Lipinski definition) is 1. The molecule has 30 heavy (non-hydrogen) atoms. The first-order valence-electron chi connectivity index (χ1n) is 10.3. The van der Waals surface area contributed by atoms with Crippen molar-refractivity contribution in [2.75, 3.05) is 25.1 Å². The van der Waals surface area contributed by atoms with Crippen LogP contribution in [-0.4, -0.2) is 31.1 Å². The molecule has 0 saturated carbocycles. The maximum Gasteiger partial charge on any atom is 0.262 e. The number of nitrogens with zero attached hydrogens (tertiary/aromatic N) is 2. The number of methoxy groups -OCH3 is 1. The molecule has 1 aromatic carbocycles. The highest BCUT2D eigenvalue weighted by molar-refractivity contribution is 7.21. The number of fused-ring (bicyclic) bond motifs is 1. The standard InChI is InChI=1S/C23H26FN3O2S/c1-29-15-17-21-18(24)7-6-8-19(21)30-22(17)23(28)26-14-16-9-10-20(25-13-16)27-11-4-2-3-5-12-27/h6-10,13H,2-5,11-12,14-15H2,1H3,(H,26,28). The molecule has 1 aliphatic heterocycles. The maximum absolute atomic E-state index is 14.3. The third-order valence-corrected chi connectivity index (χ3v) is 6.65. The van der Waals surface area contributed by atoms with E-state index in [0.29, 0.717) is 22.4 Å².